The predicted molar refractivity (Wildman–Crippen MR) is 49.4 cm³/mol. The molecule has 11 heavy (non-hydrogen) atoms. The third kappa shape index (κ3) is 1.66. The molecule has 0 aliphatic rings. The Morgan fingerprint density at radius 2 is 1.82 bits per heavy atom. The summed E-state index contributed by atoms with van der Waals surface area (Å²) < 4.78 is 5.11. The summed E-state index contributed by atoms with van der Waals surface area (Å²) in [4.78, 5) is 0. The van der Waals surface area contributed by atoms with Crippen LogP contribution in [0.15, 0.2) is 0 Å². The van der Waals surface area contributed by atoms with Gasteiger partial charge in [-0.15, -0.1) is 19.3 Å². The summed E-state index contributed by atoms with van der Waals surface area (Å²) in [5, 5.41) is 0. The van der Waals surface area contributed by atoms with Crippen molar-refractivity contribution >= 4 is 10.5 Å². The van der Waals surface area contributed by atoms with Crippen LogP contribution in [0.1, 0.15) is 6.92 Å². The Hall–Kier alpha value is -1.14. The van der Waals surface area contributed by atoms with Gasteiger partial charge >= 0.3 is 0 Å². The van der Waals surface area contributed by atoms with Gasteiger partial charge in [0.25, 0.3) is 0 Å². The van der Waals surface area contributed by atoms with Gasteiger partial charge in [0.2, 0.25) is 0 Å². The van der Waals surface area contributed by atoms with Gasteiger partial charge in [-0.25, -0.2) is 0 Å². The van der Waals surface area contributed by atoms with Crippen LogP contribution in [0, 0.1) is 42.9 Å². The fourth-order valence-corrected chi connectivity index (χ4v) is 1.29. The first-order chi connectivity index (χ1) is 5.16. The highest BCUT2D eigenvalue weighted by Crippen LogP contribution is 2.18. The standard InChI is InChI=1S/C9H10OSi/c1-5-8(4)9(6-2,7-3)10-11/h1-3,8H,4,11H3. The molecule has 0 rings (SSSR count). The van der Waals surface area contributed by atoms with Gasteiger partial charge in [-0.1, -0.05) is 17.8 Å². The molecule has 0 aromatic carbocycles. The first kappa shape index (κ1) is 9.86. The highest BCUT2D eigenvalue weighted by Gasteiger charge is 2.29. The van der Waals surface area contributed by atoms with Crippen molar-refractivity contribution in [2.24, 2.45) is 5.92 Å². The van der Waals surface area contributed by atoms with Crippen molar-refractivity contribution in [1.82, 2.24) is 0 Å². The van der Waals surface area contributed by atoms with Crippen molar-refractivity contribution in [3.8, 4) is 37.0 Å². The van der Waals surface area contributed by atoms with E-state index in [0.29, 0.717) is 10.5 Å². The lowest BCUT2D eigenvalue weighted by Gasteiger charge is -2.24. The fourth-order valence-electron chi connectivity index (χ4n) is 0.704. The average molecular weight is 162 g/mol. The lowest BCUT2D eigenvalue weighted by molar-refractivity contribution is 0.174. The van der Waals surface area contributed by atoms with Crippen molar-refractivity contribution in [2.45, 2.75) is 12.5 Å². The maximum absolute atomic E-state index is 5.21. The molecule has 1 atom stereocenters. The second-order valence-electron chi connectivity index (χ2n) is 2.12. The molecule has 0 aromatic heterocycles. The zero-order valence-electron chi connectivity index (χ0n) is 6.72. The molecule has 0 saturated carbocycles. The Labute approximate surface area is 71.1 Å². The molecule has 0 aromatic rings. The van der Waals surface area contributed by atoms with Crippen LogP contribution in [-0.4, -0.2) is 16.1 Å². The average Bonchev–Trinajstić information content (AvgIpc) is 2.08. The molecule has 0 saturated heterocycles. The van der Waals surface area contributed by atoms with Crippen molar-refractivity contribution in [3.05, 3.63) is 0 Å². The van der Waals surface area contributed by atoms with Crippen molar-refractivity contribution in [3.63, 3.8) is 0 Å². The molecule has 0 N–H and O–H groups in total. The van der Waals surface area contributed by atoms with E-state index in [1.165, 1.54) is 0 Å². The molecular weight excluding hydrogens is 152 g/mol. The lowest BCUT2D eigenvalue weighted by atomic mass is 9.91. The maximum Gasteiger partial charge on any atom is 0.193 e. The Morgan fingerprint density at radius 1 is 1.36 bits per heavy atom. The molecule has 56 valence electrons. The van der Waals surface area contributed by atoms with Crippen molar-refractivity contribution in [2.75, 3.05) is 0 Å². The minimum Gasteiger partial charge on any atom is -0.402 e. The van der Waals surface area contributed by atoms with E-state index in [1.807, 2.05) is 0 Å². The molecule has 2 heteroatoms. The maximum atomic E-state index is 5.21. The minimum absolute atomic E-state index is 0.241. The zero-order chi connectivity index (χ0) is 8.91. The van der Waals surface area contributed by atoms with E-state index in [1.54, 1.807) is 6.92 Å². The summed E-state index contributed by atoms with van der Waals surface area (Å²) in [6.07, 6.45) is 15.6. The van der Waals surface area contributed by atoms with Crippen LogP contribution in [0.2, 0.25) is 0 Å². The Balaban J connectivity index is 4.80. The van der Waals surface area contributed by atoms with Crippen LogP contribution in [-0.2, 0) is 4.43 Å². The highest BCUT2D eigenvalue weighted by atomic mass is 28.2. The van der Waals surface area contributed by atoms with E-state index < -0.39 is 5.60 Å². The highest BCUT2D eigenvalue weighted by molar-refractivity contribution is 5.98. The number of hydrogen-bond acceptors (Lipinski definition) is 1. The molecule has 0 aliphatic heterocycles. The van der Waals surface area contributed by atoms with E-state index in [2.05, 4.69) is 17.8 Å². The second kappa shape index (κ2) is 3.89. The SMILES string of the molecule is C#CC(C)C(C#C)(C#C)O[SiH3]. The second-order valence-corrected chi connectivity index (χ2v) is 2.53. The van der Waals surface area contributed by atoms with E-state index in [4.69, 9.17) is 23.7 Å². The Kier molecular flexibility index (Phi) is 3.48. The van der Waals surface area contributed by atoms with Crippen LogP contribution in [0.5, 0.6) is 0 Å². The molecule has 1 unspecified atom stereocenters. The Bertz CT molecular complexity index is 234. The largest absolute Gasteiger partial charge is 0.402 e. The number of rotatable bonds is 2. The third-order valence-corrected chi connectivity index (χ3v) is 2.25. The van der Waals surface area contributed by atoms with Gasteiger partial charge in [-0.3, -0.25) is 0 Å². The summed E-state index contributed by atoms with van der Waals surface area (Å²) in [5.74, 6) is 7.03. The van der Waals surface area contributed by atoms with E-state index in [0.717, 1.165) is 0 Å². The van der Waals surface area contributed by atoms with Gasteiger partial charge in [-0.2, -0.15) is 0 Å². The predicted octanol–water partition coefficient (Wildman–Crippen LogP) is -0.442. The van der Waals surface area contributed by atoms with E-state index >= 15 is 0 Å². The summed E-state index contributed by atoms with van der Waals surface area (Å²) in [7, 11) is 0.487. The lowest BCUT2D eigenvalue weighted by Crippen LogP contribution is -2.35. The summed E-state index contributed by atoms with van der Waals surface area (Å²) in [6.45, 7) is 1.78. The van der Waals surface area contributed by atoms with E-state index in [-0.39, 0.29) is 5.92 Å². The number of terminal acetylenes is 3. The molecule has 0 aliphatic carbocycles. The quantitative estimate of drug-likeness (QED) is 0.395. The van der Waals surface area contributed by atoms with Crippen LogP contribution in [0.4, 0.5) is 0 Å². The molecule has 0 radical (unpaired) electrons. The van der Waals surface area contributed by atoms with Gasteiger partial charge in [0.15, 0.2) is 5.60 Å². The normalized spacial score (nSPS) is 12.5. The van der Waals surface area contributed by atoms with Gasteiger partial charge in [0.05, 0.1) is 5.92 Å². The van der Waals surface area contributed by atoms with Crippen LogP contribution in [0.25, 0.3) is 0 Å². The first-order valence-corrected chi connectivity index (χ1v) is 3.95. The van der Waals surface area contributed by atoms with Crippen LogP contribution < -0.4 is 0 Å². The van der Waals surface area contributed by atoms with Gasteiger partial charge < -0.3 is 4.43 Å². The topological polar surface area (TPSA) is 9.23 Å². The number of hydrogen-bond donors (Lipinski definition) is 0. The van der Waals surface area contributed by atoms with E-state index in [9.17, 15) is 0 Å². The monoisotopic (exact) mass is 162 g/mol. The van der Waals surface area contributed by atoms with Crippen molar-refractivity contribution < 1.29 is 4.43 Å². The molecule has 0 spiro atoms. The third-order valence-electron chi connectivity index (χ3n) is 1.61. The molecule has 0 fully saturated rings. The fraction of sp³-hybridized carbons (Fsp3) is 0.333. The summed E-state index contributed by atoms with van der Waals surface area (Å²) >= 11 is 0. The molecule has 0 bridgehead atoms. The van der Waals surface area contributed by atoms with Gasteiger partial charge in [0.1, 0.15) is 10.5 Å². The minimum atomic E-state index is -0.985. The smallest absolute Gasteiger partial charge is 0.193 e. The van der Waals surface area contributed by atoms with Crippen molar-refractivity contribution in [1.29, 1.82) is 0 Å². The summed E-state index contributed by atoms with van der Waals surface area (Å²) in [6, 6.07) is 0. The molecular formula is C9H10OSi. The summed E-state index contributed by atoms with van der Waals surface area (Å²) in [5.41, 5.74) is -0.985. The zero-order valence-corrected chi connectivity index (χ0v) is 8.72. The van der Waals surface area contributed by atoms with Gasteiger partial charge in [-0.05, 0) is 6.92 Å². The van der Waals surface area contributed by atoms with Crippen LogP contribution >= 0.6 is 0 Å². The van der Waals surface area contributed by atoms with Crippen LogP contribution in [0.3, 0.4) is 0 Å². The van der Waals surface area contributed by atoms with Gasteiger partial charge in [0, 0.05) is 0 Å². The first-order valence-electron chi connectivity index (χ1n) is 3.13. The molecule has 1 nitrogen and oxygen atoms in total. The molecule has 0 amide bonds. The molecule has 0 heterocycles. The Morgan fingerprint density at radius 3 is 1.91 bits per heavy atom.